The highest BCUT2D eigenvalue weighted by Gasteiger charge is 2.30. The summed E-state index contributed by atoms with van der Waals surface area (Å²) in [7, 11) is -9.91. The van der Waals surface area contributed by atoms with Crippen LogP contribution in [0, 0.1) is 11.8 Å². The van der Waals surface area contributed by atoms with Gasteiger partial charge in [-0.1, -0.05) is 375 Å². The molecule has 0 aromatic heterocycles. The van der Waals surface area contributed by atoms with Gasteiger partial charge in [0.15, 0.2) is 12.2 Å². The maximum atomic E-state index is 13.1. The molecule has 0 aliphatic rings. The number of hydrogen-bond donors (Lipinski definition) is 3. The lowest BCUT2D eigenvalue weighted by atomic mass is 10.0. The second kappa shape index (κ2) is 72.6. The van der Waals surface area contributed by atoms with Crippen molar-refractivity contribution in [3.63, 3.8) is 0 Å². The molecular formula is C81H158O17P2. The summed E-state index contributed by atoms with van der Waals surface area (Å²) in [5, 5.41) is 10.6. The number of ether oxygens (including phenoxy) is 4. The Morgan fingerprint density at radius 1 is 0.270 bits per heavy atom. The quantitative estimate of drug-likeness (QED) is 0.0222. The zero-order chi connectivity index (χ0) is 73.5. The Morgan fingerprint density at radius 2 is 0.460 bits per heavy atom. The largest absolute Gasteiger partial charge is 0.472 e. The Hall–Kier alpha value is -1.94. The van der Waals surface area contributed by atoms with Gasteiger partial charge in [0.25, 0.3) is 0 Å². The molecule has 100 heavy (non-hydrogen) atoms. The van der Waals surface area contributed by atoms with E-state index in [1.54, 1.807) is 0 Å². The van der Waals surface area contributed by atoms with Crippen LogP contribution in [0.2, 0.25) is 0 Å². The minimum absolute atomic E-state index is 0.108. The van der Waals surface area contributed by atoms with Gasteiger partial charge in [0.2, 0.25) is 0 Å². The van der Waals surface area contributed by atoms with Gasteiger partial charge in [-0.2, -0.15) is 0 Å². The van der Waals surface area contributed by atoms with Crippen LogP contribution < -0.4 is 0 Å². The van der Waals surface area contributed by atoms with Gasteiger partial charge < -0.3 is 33.8 Å². The maximum Gasteiger partial charge on any atom is 0.472 e. The SMILES string of the molecule is CCCCCCCCCCCCCCCCCCC(=O)O[C@H](COC(=O)CCCCCCCCC)COP(=O)(O)OC[C@H](O)COP(=O)(O)OC[C@@H](COC(=O)CCCCCCCCCCCCCCCCCC(C)C)OC(=O)CCCCCCCCCCCCCCCCCCC(C)C. The topological polar surface area (TPSA) is 237 Å². The molecule has 0 aromatic carbocycles. The van der Waals surface area contributed by atoms with Crippen molar-refractivity contribution in [2.45, 2.75) is 445 Å². The van der Waals surface area contributed by atoms with Crippen LogP contribution in [-0.4, -0.2) is 96.7 Å². The summed E-state index contributed by atoms with van der Waals surface area (Å²) in [6.45, 7) is 9.66. The number of aliphatic hydroxyl groups excluding tert-OH is 1. The fraction of sp³-hybridized carbons (Fsp3) is 0.951. The van der Waals surface area contributed by atoms with Crippen LogP contribution in [0.1, 0.15) is 427 Å². The average molecular weight is 1470 g/mol. The van der Waals surface area contributed by atoms with Crippen molar-refractivity contribution in [3.05, 3.63) is 0 Å². The first-order chi connectivity index (χ1) is 48.4. The smallest absolute Gasteiger partial charge is 0.462 e. The fourth-order valence-electron chi connectivity index (χ4n) is 12.5. The lowest BCUT2D eigenvalue weighted by Crippen LogP contribution is -2.30. The van der Waals surface area contributed by atoms with E-state index in [-0.39, 0.29) is 25.7 Å². The molecule has 0 fully saturated rings. The molecule has 0 spiro atoms. The van der Waals surface area contributed by atoms with Crippen LogP contribution in [0.15, 0.2) is 0 Å². The van der Waals surface area contributed by atoms with Gasteiger partial charge in [-0.05, 0) is 37.5 Å². The molecule has 2 unspecified atom stereocenters. The molecule has 0 radical (unpaired) electrons. The first-order valence-electron chi connectivity index (χ1n) is 42.0. The minimum Gasteiger partial charge on any atom is -0.462 e. The maximum absolute atomic E-state index is 13.1. The van der Waals surface area contributed by atoms with Crippen molar-refractivity contribution in [1.82, 2.24) is 0 Å². The predicted octanol–water partition coefficient (Wildman–Crippen LogP) is 24.3. The molecule has 17 nitrogen and oxygen atoms in total. The summed E-state index contributed by atoms with van der Waals surface area (Å²) < 4.78 is 68.6. The summed E-state index contributed by atoms with van der Waals surface area (Å²) in [6.07, 6.45) is 62.6. The molecular weight excluding hydrogens is 1310 g/mol. The van der Waals surface area contributed by atoms with E-state index in [1.165, 1.54) is 231 Å². The van der Waals surface area contributed by atoms with E-state index in [9.17, 15) is 43.2 Å². The van der Waals surface area contributed by atoms with Gasteiger partial charge in [0.05, 0.1) is 26.4 Å². The number of phosphoric acid groups is 2. The number of phosphoric ester groups is 2. The van der Waals surface area contributed by atoms with Crippen LogP contribution in [0.4, 0.5) is 0 Å². The molecule has 0 aromatic rings. The summed E-state index contributed by atoms with van der Waals surface area (Å²) >= 11 is 0. The molecule has 19 heteroatoms. The second-order valence-corrected chi connectivity index (χ2v) is 33.0. The molecule has 0 amide bonds. The Kier molecular flexibility index (Phi) is 71.2. The third kappa shape index (κ3) is 74.3. The van der Waals surface area contributed by atoms with Crippen molar-refractivity contribution >= 4 is 39.5 Å². The van der Waals surface area contributed by atoms with E-state index < -0.39 is 97.5 Å². The van der Waals surface area contributed by atoms with Crippen molar-refractivity contribution in [2.24, 2.45) is 11.8 Å². The van der Waals surface area contributed by atoms with Crippen LogP contribution in [-0.2, 0) is 65.4 Å². The number of hydrogen-bond acceptors (Lipinski definition) is 15. The Balaban J connectivity index is 5.18. The average Bonchev–Trinajstić information content (AvgIpc) is 0.925. The Labute approximate surface area is 613 Å². The van der Waals surface area contributed by atoms with E-state index in [1.807, 2.05) is 0 Å². The molecule has 3 N–H and O–H groups in total. The van der Waals surface area contributed by atoms with Crippen LogP contribution >= 0.6 is 15.6 Å². The van der Waals surface area contributed by atoms with E-state index in [0.717, 1.165) is 115 Å². The highest BCUT2D eigenvalue weighted by atomic mass is 31.2. The van der Waals surface area contributed by atoms with Crippen molar-refractivity contribution < 1.29 is 80.2 Å². The summed E-state index contributed by atoms with van der Waals surface area (Å²) in [5.74, 6) is -0.496. The second-order valence-electron chi connectivity index (χ2n) is 30.1. The standard InChI is InChI=1S/C81H158O17P2/c1-7-9-11-13-15-16-17-18-19-25-31-36-41-47-53-59-65-80(85)97-76(69-91-78(83)63-57-51-43-14-12-10-8-2)71-95-99(87,88)93-67-75(82)68-94-100(89,90)96-72-77(70-92-79(84)64-58-52-46-40-35-30-27-22-24-29-34-39-45-50-56-62-74(5)6)98-81(86)66-60-54-48-42-37-32-26-21-20-23-28-33-38-44-49-55-61-73(3)4/h73-77,82H,7-72H2,1-6H3,(H,87,88)(H,89,90)/t75-,76+,77+/m0/s1. The van der Waals surface area contributed by atoms with E-state index >= 15 is 0 Å². The highest BCUT2D eigenvalue weighted by Crippen LogP contribution is 2.45. The first kappa shape index (κ1) is 98.1. The first-order valence-corrected chi connectivity index (χ1v) is 45.0. The number of carbonyl (C=O) groups is 4. The number of aliphatic hydroxyl groups is 1. The van der Waals surface area contributed by atoms with Crippen LogP contribution in [0.3, 0.4) is 0 Å². The van der Waals surface area contributed by atoms with E-state index in [0.29, 0.717) is 25.7 Å². The lowest BCUT2D eigenvalue weighted by molar-refractivity contribution is -0.161. The van der Waals surface area contributed by atoms with Crippen molar-refractivity contribution in [3.8, 4) is 0 Å². The van der Waals surface area contributed by atoms with Gasteiger partial charge in [0.1, 0.15) is 19.3 Å². The third-order valence-corrected chi connectivity index (χ3v) is 20.9. The van der Waals surface area contributed by atoms with Crippen LogP contribution in [0.5, 0.6) is 0 Å². The van der Waals surface area contributed by atoms with E-state index in [2.05, 4.69) is 41.5 Å². The van der Waals surface area contributed by atoms with Gasteiger partial charge in [0, 0.05) is 25.7 Å². The Morgan fingerprint density at radius 3 is 0.680 bits per heavy atom. The molecule has 594 valence electrons. The zero-order valence-electron chi connectivity index (χ0n) is 65.5. The highest BCUT2D eigenvalue weighted by molar-refractivity contribution is 7.47. The number of unbranched alkanes of at least 4 members (excludes halogenated alkanes) is 50. The minimum atomic E-state index is -4.96. The molecule has 0 saturated heterocycles. The summed E-state index contributed by atoms with van der Waals surface area (Å²) in [6, 6.07) is 0. The monoisotopic (exact) mass is 1470 g/mol. The van der Waals surface area contributed by atoms with Gasteiger partial charge in [-0.25, -0.2) is 9.13 Å². The van der Waals surface area contributed by atoms with Crippen molar-refractivity contribution in [2.75, 3.05) is 39.6 Å². The molecule has 0 bridgehead atoms. The number of esters is 4. The van der Waals surface area contributed by atoms with Gasteiger partial charge in [-0.3, -0.25) is 37.3 Å². The Bertz CT molecular complexity index is 1920. The van der Waals surface area contributed by atoms with Crippen LogP contribution in [0.25, 0.3) is 0 Å². The third-order valence-electron chi connectivity index (χ3n) is 19.0. The number of rotatable bonds is 80. The van der Waals surface area contributed by atoms with Gasteiger partial charge >= 0.3 is 39.5 Å². The normalized spacial score (nSPS) is 13.9. The zero-order valence-corrected chi connectivity index (χ0v) is 67.3. The number of carbonyl (C=O) groups excluding carboxylic acids is 4. The molecule has 5 atom stereocenters. The predicted molar refractivity (Wildman–Crippen MR) is 409 cm³/mol. The summed E-state index contributed by atoms with van der Waals surface area (Å²) in [4.78, 5) is 72.9. The van der Waals surface area contributed by atoms with E-state index in [4.69, 9.17) is 37.0 Å². The lowest BCUT2D eigenvalue weighted by Gasteiger charge is -2.21. The van der Waals surface area contributed by atoms with Crippen molar-refractivity contribution in [1.29, 1.82) is 0 Å². The molecule has 0 rings (SSSR count). The molecule has 0 aliphatic heterocycles. The van der Waals surface area contributed by atoms with Gasteiger partial charge in [-0.15, -0.1) is 0 Å². The fourth-order valence-corrected chi connectivity index (χ4v) is 14.1. The summed E-state index contributed by atoms with van der Waals surface area (Å²) in [5.41, 5.74) is 0. The molecule has 0 saturated carbocycles. The molecule has 0 aliphatic carbocycles. The molecule has 0 heterocycles.